The van der Waals surface area contributed by atoms with Crippen LogP contribution in [0.15, 0.2) is 54.6 Å². The van der Waals surface area contributed by atoms with E-state index in [0.717, 1.165) is 22.2 Å². The van der Waals surface area contributed by atoms with Crippen molar-refractivity contribution in [1.29, 1.82) is 0 Å². The fourth-order valence-electron chi connectivity index (χ4n) is 3.53. The maximum Gasteiger partial charge on any atom is 0.275 e. The number of carbonyl (C=O) groups excluding carboxylic acids is 2. The number of hydrogen-bond acceptors (Lipinski definition) is 2. The van der Waals surface area contributed by atoms with E-state index in [2.05, 4.69) is 4.98 Å². The lowest BCUT2D eigenvalue weighted by atomic mass is 9.90. The Hall–Kier alpha value is -3.08. The minimum atomic E-state index is -0.390. The summed E-state index contributed by atoms with van der Waals surface area (Å²) in [4.78, 5) is 32.5. The predicted octanol–water partition coefficient (Wildman–Crippen LogP) is 3.00. The molecule has 0 saturated carbocycles. The molecule has 25 heavy (non-hydrogen) atoms. The number of hydrogen-bond donors (Lipinski definition) is 1. The van der Waals surface area contributed by atoms with Crippen LogP contribution in [0.5, 0.6) is 0 Å². The molecule has 5 heteroatoms. The van der Waals surface area contributed by atoms with Crippen LogP contribution in [0, 0.1) is 0 Å². The van der Waals surface area contributed by atoms with E-state index in [1.807, 2.05) is 54.6 Å². The highest BCUT2D eigenvalue weighted by atomic mass is 16.2. The lowest BCUT2D eigenvalue weighted by Gasteiger charge is -2.33. The van der Waals surface area contributed by atoms with E-state index < -0.39 is 0 Å². The minimum absolute atomic E-state index is 0.000524. The molecule has 4 rings (SSSR count). The van der Waals surface area contributed by atoms with Crippen molar-refractivity contribution in [2.24, 2.45) is 0 Å². The van der Waals surface area contributed by atoms with Crippen LogP contribution < -0.4 is 4.90 Å². The van der Waals surface area contributed by atoms with Gasteiger partial charge in [-0.2, -0.15) is 0 Å². The molecule has 1 aliphatic rings. The molecule has 0 spiro atoms. The zero-order chi connectivity index (χ0) is 17.6. The Morgan fingerprint density at radius 2 is 1.76 bits per heavy atom. The molecule has 2 amide bonds. The maximum atomic E-state index is 13.1. The Labute approximate surface area is 145 Å². The molecule has 0 aliphatic carbocycles. The number of H-pyrrole nitrogens is 1. The average Bonchev–Trinajstić information content (AvgIpc) is 3.02. The zero-order valence-corrected chi connectivity index (χ0v) is 14.2. The number of benzene rings is 2. The lowest BCUT2D eigenvalue weighted by Crippen LogP contribution is -2.45. The van der Waals surface area contributed by atoms with E-state index in [0.29, 0.717) is 12.2 Å². The summed E-state index contributed by atoms with van der Waals surface area (Å²) >= 11 is 0. The first-order valence-electron chi connectivity index (χ1n) is 8.26. The van der Waals surface area contributed by atoms with Crippen molar-refractivity contribution in [2.75, 3.05) is 25.5 Å². The summed E-state index contributed by atoms with van der Waals surface area (Å²) in [5, 5.41) is 0.943. The van der Waals surface area contributed by atoms with Crippen LogP contribution in [0.25, 0.3) is 10.9 Å². The van der Waals surface area contributed by atoms with Crippen molar-refractivity contribution in [3.8, 4) is 0 Å². The molecule has 0 radical (unpaired) electrons. The van der Waals surface area contributed by atoms with Gasteiger partial charge in [0.15, 0.2) is 0 Å². The monoisotopic (exact) mass is 333 g/mol. The molecule has 0 saturated heterocycles. The van der Waals surface area contributed by atoms with Crippen molar-refractivity contribution in [3.05, 3.63) is 65.9 Å². The van der Waals surface area contributed by atoms with Gasteiger partial charge in [-0.3, -0.25) is 9.59 Å². The number of aromatic nitrogens is 1. The molecule has 1 aliphatic heterocycles. The number of fused-ring (bicyclic) bond motifs is 3. The molecule has 5 nitrogen and oxygen atoms in total. The Kier molecular flexibility index (Phi) is 3.57. The average molecular weight is 333 g/mol. The van der Waals surface area contributed by atoms with Crippen molar-refractivity contribution < 1.29 is 9.59 Å². The van der Waals surface area contributed by atoms with Gasteiger partial charge in [0.05, 0.1) is 5.92 Å². The SMILES string of the molecule is CN(C)C(=O)C1CN(c2ccccc2)C(=O)c2[nH]c3ccccc3c21. The number of carbonyl (C=O) groups is 2. The highest BCUT2D eigenvalue weighted by Gasteiger charge is 2.39. The summed E-state index contributed by atoms with van der Waals surface area (Å²) < 4.78 is 0. The third-order valence-electron chi connectivity index (χ3n) is 4.73. The van der Waals surface area contributed by atoms with Gasteiger partial charge in [0.1, 0.15) is 5.69 Å². The van der Waals surface area contributed by atoms with Crippen molar-refractivity contribution in [2.45, 2.75) is 5.92 Å². The van der Waals surface area contributed by atoms with E-state index in [9.17, 15) is 9.59 Å². The van der Waals surface area contributed by atoms with E-state index in [1.54, 1.807) is 23.9 Å². The van der Waals surface area contributed by atoms with Crippen LogP contribution in [0.1, 0.15) is 22.0 Å². The molecule has 2 aromatic carbocycles. The Balaban J connectivity index is 1.92. The van der Waals surface area contributed by atoms with Crippen LogP contribution in [-0.4, -0.2) is 42.3 Å². The predicted molar refractivity (Wildman–Crippen MR) is 97.9 cm³/mol. The van der Waals surface area contributed by atoms with Gasteiger partial charge in [-0.05, 0) is 18.2 Å². The van der Waals surface area contributed by atoms with E-state index in [1.165, 1.54) is 0 Å². The summed E-state index contributed by atoms with van der Waals surface area (Å²) in [6, 6.07) is 17.2. The van der Waals surface area contributed by atoms with Gasteiger partial charge in [0.2, 0.25) is 5.91 Å². The van der Waals surface area contributed by atoms with E-state index in [4.69, 9.17) is 0 Å². The first-order valence-corrected chi connectivity index (χ1v) is 8.26. The minimum Gasteiger partial charge on any atom is -0.350 e. The van der Waals surface area contributed by atoms with E-state index >= 15 is 0 Å². The quantitative estimate of drug-likeness (QED) is 0.784. The second-order valence-corrected chi connectivity index (χ2v) is 6.50. The summed E-state index contributed by atoms with van der Waals surface area (Å²) in [5.41, 5.74) is 3.00. The summed E-state index contributed by atoms with van der Waals surface area (Å²) in [6.07, 6.45) is 0. The molecule has 3 aromatic rings. The number of nitrogens with one attached hydrogen (secondary N) is 1. The van der Waals surface area contributed by atoms with Gasteiger partial charge in [0, 0.05) is 42.8 Å². The second kappa shape index (κ2) is 5.77. The smallest absolute Gasteiger partial charge is 0.275 e. The van der Waals surface area contributed by atoms with Gasteiger partial charge in [-0.25, -0.2) is 0 Å². The molecule has 2 heterocycles. The van der Waals surface area contributed by atoms with Crippen LogP contribution in [0.3, 0.4) is 0 Å². The highest BCUT2D eigenvalue weighted by Crippen LogP contribution is 2.37. The van der Waals surface area contributed by atoms with Gasteiger partial charge >= 0.3 is 0 Å². The number of anilines is 1. The fraction of sp³-hybridized carbons (Fsp3) is 0.200. The van der Waals surface area contributed by atoms with Gasteiger partial charge in [0.25, 0.3) is 5.91 Å². The van der Waals surface area contributed by atoms with Crippen LogP contribution in [0.2, 0.25) is 0 Å². The molecule has 126 valence electrons. The number of para-hydroxylation sites is 2. The topological polar surface area (TPSA) is 56.4 Å². The number of nitrogens with zero attached hydrogens (tertiary/aromatic N) is 2. The lowest BCUT2D eigenvalue weighted by molar-refractivity contribution is -0.130. The molecule has 0 fully saturated rings. The van der Waals surface area contributed by atoms with Crippen LogP contribution in [0.4, 0.5) is 5.69 Å². The summed E-state index contributed by atoms with van der Waals surface area (Å²) in [7, 11) is 3.50. The highest BCUT2D eigenvalue weighted by molar-refractivity contribution is 6.13. The number of amides is 2. The van der Waals surface area contributed by atoms with Crippen molar-refractivity contribution >= 4 is 28.4 Å². The standard InChI is InChI=1S/C20H19N3O2/c1-22(2)19(24)15-12-23(13-8-4-3-5-9-13)20(25)18-17(15)14-10-6-7-11-16(14)21-18/h3-11,15,21H,12H2,1-2H3. The number of rotatable bonds is 2. The Bertz CT molecular complexity index is 959. The molecular formula is C20H19N3O2. The first-order chi connectivity index (χ1) is 12.1. The van der Waals surface area contributed by atoms with Gasteiger partial charge in [-0.15, -0.1) is 0 Å². The third kappa shape index (κ3) is 2.39. The van der Waals surface area contributed by atoms with Crippen LogP contribution in [-0.2, 0) is 4.79 Å². The molecule has 1 N–H and O–H groups in total. The Morgan fingerprint density at radius 3 is 2.48 bits per heavy atom. The largest absolute Gasteiger partial charge is 0.350 e. The van der Waals surface area contributed by atoms with Crippen molar-refractivity contribution in [3.63, 3.8) is 0 Å². The first kappa shape index (κ1) is 15.4. The molecule has 1 aromatic heterocycles. The second-order valence-electron chi connectivity index (χ2n) is 6.50. The molecular weight excluding hydrogens is 314 g/mol. The third-order valence-corrected chi connectivity index (χ3v) is 4.73. The Morgan fingerprint density at radius 1 is 1.08 bits per heavy atom. The summed E-state index contributed by atoms with van der Waals surface area (Å²) in [6.45, 7) is 0.342. The molecule has 1 atom stereocenters. The normalized spacial score (nSPS) is 16.8. The maximum absolute atomic E-state index is 13.1. The van der Waals surface area contributed by atoms with Crippen molar-refractivity contribution in [1.82, 2.24) is 9.88 Å². The molecule has 1 unspecified atom stereocenters. The molecule has 0 bridgehead atoms. The zero-order valence-electron chi connectivity index (χ0n) is 14.2. The van der Waals surface area contributed by atoms with Crippen LogP contribution >= 0.6 is 0 Å². The number of aromatic amines is 1. The van der Waals surface area contributed by atoms with Gasteiger partial charge < -0.3 is 14.8 Å². The summed E-state index contributed by atoms with van der Waals surface area (Å²) in [5.74, 6) is -0.487. The fourth-order valence-corrected chi connectivity index (χ4v) is 3.53. The van der Waals surface area contributed by atoms with E-state index in [-0.39, 0.29) is 17.7 Å². The number of likely N-dealkylation sites (N-methyl/N-ethyl adjacent to an activating group) is 1. The van der Waals surface area contributed by atoms with Gasteiger partial charge in [-0.1, -0.05) is 36.4 Å².